The van der Waals surface area contributed by atoms with Crippen LogP contribution in [0.3, 0.4) is 0 Å². The second kappa shape index (κ2) is 5.49. The van der Waals surface area contributed by atoms with Gasteiger partial charge in [0.25, 0.3) is 5.91 Å². The Balaban J connectivity index is 1.96. The van der Waals surface area contributed by atoms with Crippen LogP contribution in [0.4, 0.5) is 5.82 Å². The Morgan fingerprint density at radius 3 is 2.83 bits per heavy atom. The van der Waals surface area contributed by atoms with E-state index >= 15 is 0 Å². The molecule has 7 heteroatoms. The molecule has 0 radical (unpaired) electrons. The van der Waals surface area contributed by atoms with E-state index in [9.17, 15) is 4.79 Å². The summed E-state index contributed by atoms with van der Waals surface area (Å²) >= 11 is 0. The monoisotopic (exact) mass is 312 g/mol. The maximum Gasteiger partial charge on any atom is 0.255 e. The molecule has 0 spiro atoms. The molecule has 120 valence electrons. The van der Waals surface area contributed by atoms with Gasteiger partial charge >= 0.3 is 0 Å². The highest BCUT2D eigenvalue weighted by Gasteiger charge is 2.19. The lowest BCUT2D eigenvalue weighted by atomic mass is 10.1. The fourth-order valence-electron chi connectivity index (χ4n) is 2.32. The molecule has 3 N–H and O–H groups in total. The molecule has 2 aromatic rings. The van der Waals surface area contributed by atoms with E-state index < -0.39 is 0 Å². The fraction of sp³-hybridized carbons (Fsp3) is 0.375. The molecule has 1 amide bonds. The Labute approximate surface area is 134 Å². The van der Waals surface area contributed by atoms with E-state index in [0.29, 0.717) is 29.1 Å². The number of aromatic nitrogens is 3. The molecule has 3 rings (SSSR count). The van der Waals surface area contributed by atoms with Crippen molar-refractivity contribution in [2.75, 3.05) is 6.54 Å². The van der Waals surface area contributed by atoms with Crippen molar-refractivity contribution >= 4 is 28.6 Å². The third kappa shape index (κ3) is 3.39. The summed E-state index contributed by atoms with van der Waals surface area (Å²) in [7, 11) is 0. The predicted molar refractivity (Wildman–Crippen MR) is 90.0 cm³/mol. The third-order valence-electron chi connectivity index (χ3n) is 3.29. The number of amides is 1. The molecule has 0 aliphatic carbocycles. The molecule has 0 unspecified atom stereocenters. The first kappa shape index (κ1) is 15.2. The minimum atomic E-state index is -0.316. The average Bonchev–Trinajstić information content (AvgIpc) is 3.03. The van der Waals surface area contributed by atoms with E-state index in [4.69, 9.17) is 0 Å². The minimum absolute atomic E-state index is 0.180. The van der Waals surface area contributed by atoms with Crippen molar-refractivity contribution in [3.05, 3.63) is 29.7 Å². The zero-order valence-corrected chi connectivity index (χ0v) is 13.7. The summed E-state index contributed by atoms with van der Waals surface area (Å²) < 4.78 is 0. The Morgan fingerprint density at radius 2 is 2.17 bits per heavy atom. The standard InChI is InChI=1S/C16H20N6O/c1-9-5-10(6-17-9)20-12-8-19-14-13(21-12)11(7-18-14)15(23)22-16(2,3)4/h5,7-8,17H,6H2,1-4H3,(H,18,19)(H,22,23). The summed E-state index contributed by atoms with van der Waals surface area (Å²) in [5, 5.41) is 6.12. The first-order valence-electron chi connectivity index (χ1n) is 7.48. The van der Waals surface area contributed by atoms with E-state index in [1.165, 1.54) is 0 Å². The topological polar surface area (TPSA) is 95.1 Å². The highest BCUT2D eigenvalue weighted by Crippen LogP contribution is 2.19. The second-order valence-electron chi connectivity index (χ2n) is 6.62. The summed E-state index contributed by atoms with van der Waals surface area (Å²) in [4.78, 5) is 28.6. The van der Waals surface area contributed by atoms with Crippen LogP contribution in [0.15, 0.2) is 29.2 Å². The number of aromatic amines is 1. The lowest BCUT2D eigenvalue weighted by Gasteiger charge is -2.19. The van der Waals surface area contributed by atoms with Crippen molar-refractivity contribution < 1.29 is 4.79 Å². The number of nitrogens with one attached hydrogen (secondary N) is 3. The first-order valence-corrected chi connectivity index (χ1v) is 7.48. The molecule has 1 aliphatic rings. The van der Waals surface area contributed by atoms with Gasteiger partial charge < -0.3 is 15.6 Å². The highest BCUT2D eigenvalue weighted by molar-refractivity contribution is 6.05. The van der Waals surface area contributed by atoms with Crippen LogP contribution in [0, 0.1) is 0 Å². The van der Waals surface area contributed by atoms with Gasteiger partial charge in [-0.1, -0.05) is 0 Å². The Hall–Kier alpha value is -2.70. The first-order chi connectivity index (χ1) is 10.8. The number of carbonyl (C=O) groups excluding carboxylic acids is 1. The molecule has 0 atom stereocenters. The summed E-state index contributed by atoms with van der Waals surface area (Å²) in [5.41, 5.74) is 3.23. The molecule has 3 heterocycles. The smallest absolute Gasteiger partial charge is 0.255 e. The summed E-state index contributed by atoms with van der Waals surface area (Å²) in [6.07, 6.45) is 5.19. The van der Waals surface area contributed by atoms with Crippen molar-refractivity contribution in [3.63, 3.8) is 0 Å². The highest BCUT2D eigenvalue weighted by atomic mass is 16.1. The van der Waals surface area contributed by atoms with E-state index in [1.807, 2.05) is 33.8 Å². The van der Waals surface area contributed by atoms with Gasteiger partial charge in [0.1, 0.15) is 5.52 Å². The maximum atomic E-state index is 12.4. The van der Waals surface area contributed by atoms with Crippen molar-refractivity contribution in [2.24, 2.45) is 4.99 Å². The number of rotatable bonds is 2. The number of hydrogen-bond donors (Lipinski definition) is 3. The summed E-state index contributed by atoms with van der Waals surface area (Å²) in [6, 6.07) is 0. The maximum absolute atomic E-state index is 12.4. The van der Waals surface area contributed by atoms with E-state index in [-0.39, 0.29) is 11.4 Å². The quantitative estimate of drug-likeness (QED) is 0.791. The van der Waals surface area contributed by atoms with Gasteiger partial charge in [-0.25, -0.2) is 15.0 Å². The van der Waals surface area contributed by atoms with Crippen molar-refractivity contribution in [1.82, 2.24) is 25.6 Å². The number of carbonyl (C=O) groups is 1. The van der Waals surface area contributed by atoms with Gasteiger partial charge in [-0.05, 0) is 33.8 Å². The Bertz CT molecular complexity index is 825. The van der Waals surface area contributed by atoms with E-state index in [2.05, 4.69) is 30.6 Å². The van der Waals surface area contributed by atoms with Gasteiger partial charge in [0, 0.05) is 17.4 Å². The number of aliphatic imine (C=N–C) groups is 1. The molecule has 7 nitrogen and oxygen atoms in total. The minimum Gasteiger partial charge on any atom is -0.383 e. The lowest BCUT2D eigenvalue weighted by molar-refractivity contribution is 0.0921. The van der Waals surface area contributed by atoms with Crippen LogP contribution < -0.4 is 10.6 Å². The number of nitrogens with zero attached hydrogens (tertiary/aromatic N) is 3. The van der Waals surface area contributed by atoms with Gasteiger partial charge in [-0.3, -0.25) is 4.79 Å². The second-order valence-corrected chi connectivity index (χ2v) is 6.62. The van der Waals surface area contributed by atoms with Gasteiger partial charge in [0.2, 0.25) is 0 Å². The van der Waals surface area contributed by atoms with Gasteiger partial charge in [0.05, 0.1) is 24.0 Å². The Kier molecular flexibility index (Phi) is 3.63. The van der Waals surface area contributed by atoms with Gasteiger partial charge in [0.15, 0.2) is 11.5 Å². The zero-order valence-electron chi connectivity index (χ0n) is 13.7. The lowest BCUT2D eigenvalue weighted by Crippen LogP contribution is -2.40. The molecular weight excluding hydrogens is 292 g/mol. The molecule has 1 aliphatic heterocycles. The molecular formula is C16H20N6O. The number of H-pyrrole nitrogens is 1. The zero-order chi connectivity index (χ0) is 16.6. The Morgan fingerprint density at radius 1 is 1.39 bits per heavy atom. The largest absolute Gasteiger partial charge is 0.383 e. The van der Waals surface area contributed by atoms with Gasteiger partial charge in [-0.15, -0.1) is 0 Å². The van der Waals surface area contributed by atoms with Crippen LogP contribution in [0.25, 0.3) is 11.2 Å². The predicted octanol–water partition coefficient (Wildman–Crippen LogP) is 2.07. The van der Waals surface area contributed by atoms with Crippen LogP contribution in [0.2, 0.25) is 0 Å². The van der Waals surface area contributed by atoms with Crippen LogP contribution in [0.5, 0.6) is 0 Å². The average molecular weight is 312 g/mol. The van der Waals surface area contributed by atoms with Crippen molar-refractivity contribution in [3.8, 4) is 0 Å². The molecule has 2 aromatic heterocycles. The van der Waals surface area contributed by atoms with Gasteiger partial charge in [-0.2, -0.15) is 0 Å². The van der Waals surface area contributed by atoms with Crippen LogP contribution in [0.1, 0.15) is 38.1 Å². The summed E-state index contributed by atoms with van der Waals surface area (Å²) in [5.74, 6) is 0.311. The van der Waals surface area contributed by atoms with Crippen LogP contribution in [-0.2, 0) is 0 Å². The normalized spacial score (nSPS) is 16.5. The fourth-order valence-corrected chi connectivity index (χ4v) is 2.32. The van der Waals surface area contributed by atoms with E-state index in [1.54, 1.807) is 12.4 Å². The number of fused-ring (bicyclic) bond motifs is 1. The molecule has 0 saturated carbocycles. The third-order valence-corrected chi connectivity index (χ3v) is 3.29. The van der Waals surface area contributed by atoms with Crippen molar-refractivity contribution in [1.29, 1.82) is 0 Å². The molecule has 0 bridgehead atoms. The summed E-state index contributed by atoms with van der Waals surface area (Å²) in [6.45, 7) is 8.47. The molecule has 0 saturated heterocycles. The SMILES string of the molecule is CC1=CC(=Nc2cnc3[nH]cc(C(=O)NC(C)(C)C)c3n2)CN1. The van der Waals surface area contributed by atoms with Crippen LogP contribution in [-0.4, -0.2) is 38.7 Å². The molecule has 0 aromatic carbocycles. The van der Waals surface area contributed by atoms with E-state index in [0.717, 1.165) is 11.4 Å². The van der Waals surface area contributed by atoms with Crippen LogP contribution >= 0.6 is 0 Å². The number of hydrogen-bond acceptors (Lipinski definition) is 5. The van der Waals surface area contributed by atoms with Crippen molar-refractivity contribution in [2.45, 2.75) is 33.2 Å². The number of allylic oxidation sites excluding steroid dienone is 1. The molecule has 0 fully saturated rings. The molecule has 23 heavy (non-hydrogen) atoms.